The number of benzene rings is 2. The molecule has 2 aromatic carbocycles. The maximum absolute atomic E-state index is 7.74. The van der Waals surface area contributed by atoms with Crippen LogP contribution >= 0.6 is 0 Å². The van der Waals surface area contributed by atoms with E-state index < -0.39 is 0 Å². The number of fused-ring (bicyclic) bond motifs is 1. The fourth-order valence-corrected chi connectivity index (χ4v) is 3.14. The van der Waals surface area contributed by atoms with Crippen molar-refractivity contribution in [1.29, 1.82) is 5.41 Å². The summed E-state index contributed by atoms with van der Waals surface area (Å²) in [7, 11) is 1.78. The number of nitrogens with zero attached hydrogens (tertiary/aromatic N) is 1. The van der Waals surface area contributed by atoms with Gasteiger partial charge in [-0.1, -0.05) is 24.3 Å². The van der Waals surface area contributed by atoms with Crippen LogP contribution in [0.2, 0.25) is 0 Å². The van der Waals surface area contributed by atoms with Crippen LogP contribution in [0.1, 0.15) is 18.4 Å². The Kier molecular flexibility index (Phi) is 3.80. The van der Waals surface area contributed by atoms with Gasteiger partial charge in [0, 0.05) is 36.8 Å². The number of piperidine rings is 1. The second-order valence-corrected chi connectivity index (χ2v) is 5.54. The zero-order valence-corrected chi connectivity index (χ0v) is 12.3. The highest BCUT2D eigenvalue weighted by molar-refractivity contribution is 6.10. The number of anilines is 1. The number of hydrogen-bond acceptors (Lipinski definition) is 3. The lowest BCUT2D eigenvalue weighted by atomic mass is 9.99. The standard InChI is InChI=1S/C17H21N3O/c1-21-12-5-4-10-20(11-12)16-9-8-15(17(18)19)13-6-2-3-7-14(13)16/h2-3,6-9,12H,4-5,10-11H2,1H3,(H3,18,19). The topological polar surface area (TPSA) is 62.3 Å². The van der Waals surface area contributed by atoms with E-state index in [1.807, 2.05) is 24.3 Å². The zero-order chi connectivity index (χ0) is 14.8. The van der Waals surface area contributed by atoms with Crippen LogP contribution in [0, 0.1) is 5.41 Å². The van der Waals surface area contributed by atoms with Crippen molar-refractivity contribution in [2.45, 2.75) is 18.9 Å². The Hall–Kier alpha value is -2.07. The van der Waals surface area contributed by atoms with Crippen molar-refractivity contribution in [2.24, 2.45) is 5.73 Å². The molecule has 110 valence electrons. The molecule has 3 rings (SSSR count). The van der Waals surface area contributed by atoms with E-state index in [2.05, 4.69) is 17.0 Å². The van der Waals surface area contributed by atoms with Gasteiger partial charge in [0.25, 0.3) is 0 Å². The molecule has 1 unspecified atom stereocenters. The Morgan fingerprint density at radius 3 is 2.71 bits per heavy atom. The van der Waals surface area contributed by atoms with Crippen molar-refractivity contribution in [3.8, 4) is 0 Å². The zero-order valence-electron chi connectivity index (χ0n) is 12.3. The average Bonchev–Trinajstić information content (AvgIpc) is 2.53. The van der Waals surface area contributed by atoms with Crippen molar-refractivity contribution < 1.29 is 4.74 Å². The highest BCUT2D eigenvalue weighted by Gasteiger charge is 2.21. The number of amidine groups is 1. The Morgan fingerprint density at radius 1 is 1.24 bits per heavy atom. The van der Waals surface area contributed by atoms with E-state index in [0.717, 1.165) is 42.3 Å². The first-order valence-electron chi connectivity index (χ1n) is 7.34. The van der Waals surface area contributed by atoms with Crippen molar-refractivity contribution in [3.63, 3.8) is 0 Å². The summed E-state index contributed by atoms with van der Waals surface area (Å²) in [5, 5.41) is 9.94. The van der Waals surface area contributed by atoms with Gasteiger partial charge in [-0.25, -0.2) is 0 Å². The molecule has 1 fully saturated rings. The van der Waals surface area contributed by atoms with Gasteiger partial charge in [0.1, 0.15) is 5.84 Å². The van der Waals surface area contributed by atoms with Crippen LogP contribution < -0.4 is 10.6 Å². The van der Waals surface area contributed by atoms with Crippen molar-refractivity contribution in [1.82, 2.24) is 0 Å². The molecular formula is C17H21N3O. The van der Waals surface area contributed by atoms with Gasteiger partial charge < -0.3 is 15.4 Å². The second kappa shape index (κ2) is 5.74. The first kappa shape index (κ1) is 13.9. The molecule has 0 bridgehead atoms. The molecule has 21 heavy (non-hydrogen) atoms. The quantitative estimate of drug-likeness (QED) is 0.672. The van der Waals surface area contributed by atoms with Gasteiger partial charge in [-0.05, 0) is 30.4 Å². The summed E-state index contributed by atoms with van der Waals surface area (Å²) in [6.45, 7) is 1.96. The van der Waals surface area contributed by atoms with Crippen molar-refractivity contribution >= 4 is 22.3 Å². The van der Waals surface area contributed by atoms with Crippen LogP contribution in [0.4, 0.5) is 5.69 Å². The van der Waals surface area contributed by atoms with Crippen molar-refractivity contribution in [3.05, 3.63) is 42.0 Å². The number of ether oxygens (including phenoxy) is 1. The van der Waals surface area contributed by atoms with Crippen LogP contribution in [0.25, 0.3) is 10.8 Å². The third kappa shape index (κ3) is 2.59. The summed E-state index contributed by atoms with van der Waals surface area (Å²) < 4.78 is 5.52. The van der Waals surface area contributed by atoms with Crippen LogP contribution in [0.5, 0.6) is 0 Å². The molecule has 3 N–H and O–H groups in total. The lowest BCUT2D eigenvalue weighted by Crippen LogP contribution is -2.39. The summed E-state index contributed by atoms with van der Waals surface area (Å²) in [5.74, 6) is 0.117. The maximum atomic E-state index is 7.74. The number of nitrogen functional groups attached to an aromatic ring is 1. The summed E-state index contributed by atoms with van der Waals surface area (Å²) in [6, 6.07) is 12.2. The molecule has 1 heterocycles. The highest BCUT2D eigenvalue weighted by atomic mass is 16.5. The number of methoxy groups -OCH3 is 1. The molecule has 0 spiro atoms. The van der Waals surface area contributed by atoms with E-state index in [9.17, 15) is 0 Å². The molecule has 1 aliphatic rings. The number of rotatable bonds is 3. The van der Waals surface area contributed by atoms with E-state index in [-0.39, 0.29) is 5.84 Å². The van der Waals surface area contributed by atoms with Crippen LogP contribution in [-0.2, 0) is 4.74 Å². The molecule has 0 aromatic heterocycles. The third-order valence-corrected chi connectivity index (χ3v) is 4.24. The molecule has 0 amide bonds. The first-order chi connectivity index (χ1) is 10.2. The van der Waals surface area contributed by atoms with E-state index in [0.29, 0.717) is 6.10 Å². The van der Waals surface area contributed by atoms with Gasteiger partial charge in [-0.15, -0.1) is 0 Å². The van der Waals surface area contributed by atoms with E-state index >= 15 is 0 Å². The Labute approximate surface area is 125 Å². The minimum absolute atomic E-state index is 0.117. The van der Waals surface area contributed by atoms with Crippen LogP contribution in [0.15, 0.2) is 36.4 Å². The molecule has 4 heteroatoms. The molecule has 1 saturated heterocycles. The fourth-order valence-electron chi connectivity index (χ4n) is 3.14. The minimum atomic E-state index is 0.117. The predicted molar refractivity (Wildman–Crippen MR) is 87.2 cm³/mol. The lowest BCUT2D eigenvalue weighted by Gasteiger charge is -2.34. The molecular weight excluding hydrogens is 262 g/mol. The Balaban J connectivity index is 2.07. The molecule has 1 aliphatic heterocycles. The third-order valence-electron chi connectivity index (χ3n) is 4.24. The molecule has 0 aliphatic carbocycles. The Morgan fingerprint density at radius 2 is 2.00 bits per heavy atom. The summed E-state index contributed by atoms with van der Waals surface area (Å²) in [5.41, 5.74) is 7.71. The lowest BCUT2D eigenvalue weighted by molar-refractivity contribution is 0.0894. The maximum Gasteiger partial charge on any atom is 0.123 e. The summed E-state index contributed by atoms with van der Waals surface area (Å²) in [6.07, 6.45) is 2.56. The fraction of sp³-hybridized carbons (Fsp3) is 0.353. The predicted octanol–water partition coefficient (Wildman–Crippen LogP) is 2.74. The minimum Gasteiger partial charge on any atom is -0.384 e. The van der Waals surface area contributed by atoms with E-state index in [1.54, 1.807) is 7.11 Å². The van der Waals surface area contributed by atoms with Gasteiger partial charge in [-0.3, -0.25) is 5.41 Å². The monoisotopic (exact) mass is 283 g/mol. The average molecular weight is 283 g/mol. The van der Waals surface area contributed by atoms with E-state index in [1.165, 1.54) is 5.69 Å². The normalized spacial score (nSPS) is 18.9. The van der Waals surface area contributed by atoms with Crippen LogP contribution in [-0.4, -0.2) is 32.1 Å². The van der Waals surface area contributed by atoms with Gasteiger partial charge in [0.2, 0.25) is 0 Å². The highest BCUT2D eigenvalue weighted by Crippen LogP contribution is 2.31. The summed E-state index contributed by atoms with van der Waals surface area (Å²) in [4.78, 5) is 2.38. The smallest absolute Gasteiger partial charge is 0.123 e. The van der Waals surface area contributed by atoms with Gasteiger partial charge in [0.05, 0.1) is 6.10 Å². The molecule has 1 atom stereocenters. The van der Waals surface area contributed by atoms with Crippen molar-refractivity contribution in [2.75, 3.05) is 25.1 Å². The second-order valence-electron chi connectivity index (χ2n) is 5.54. The van der Waals surface area contributed by atoms with Gasteiger partial charge in [-0.2, -0.15) is 0 Å². The molecule has 0 saturated carbocycles. The number of hydrogen-bond donors (Lipinski definition) is 2. The summed E-state index contributed by atoms with van der Waals surface area (Å²) >= 11 is 0. The number of nitrogens with one attached hydrogen (secondary N) is 1. The SMILES string of the molecule is COC1CCCN(c2ccc(C(=N)N)c3ccccc23)C1. The molecule has 0 radical (unpaired) electrons. The number of nitrogens with two attached hydrogens (primary N) is 1. The molecule has 2 aromatic rings. The first-order valence-corrected chi connectivity index (χ1v) is 7.34. The van der Waals surface area contributed by atoms with Crippen LogP contribution in [0.3, 0.4) is 0 Å². The molecule has 4 nitrogen and oxygen atoms in total. The largest absolute Gasteiger partial charge is 0.384 e. The van der Waals surface area contributed by atoms with Gasteiger partial charge in [0.15, 0.2) is 0 Å². The van der Waals surface area contributed by atoms with E-state index in [4.69, 9.17) is 15.9 Å². The van der Waals surface area contributed by atoms with Gasteiger partial charge >= 0.3 is 0 Å². The Bertz CT molecular complexity index is 668.